The standard InChI is InChI=1S/C15H18O4/c1-3-18-15(17)13(16)12-9-10(2)8-11-6-4-5-7-19-14(11)12/h8-9H,3-7H2,1-2H3. The first-order chi connectivity index (χ1) is 9.13. The van der Waals surface area contributed by atoms with Gasteiger partial charge in [0.2, 0.25) is 0 Å². The number of ketones is 1. The molecule has 0 N–H and O–H groups in total. The van der Waals surface area contributed by atoms with Gasteiger partial charge in [0.25, 0.3) is 5.78 Å². The summed E-state index contributed by atoms with van der Waals surface area (Å²) < 4.78 is 10.4. The highest BCUT2D eigenvalue weighted by Crippen LogP contribution is 2.30. The molecule has 0 amide bonds. The van der Waals surface area contributed by atoms with Gasteiger partial charge in [0.05, 0.1) is 18.8 Å². The van der Waals surface area contributed by atoms with Crippen molar-refractivity contribution in [2.75, 3.05) is 13.2 Å². The summed E-state index contributed by atoms with van der Waals surface area (Å²) in [5, 5.41) is 0. The van der Waals surface area contributed by atoms with Gasteiger partial charge in [0, 0.05) is 0 Å². The summed E-state index contributed by atoms with van der Waals surface area (Å²) in [5.74, 6) is -0.881. The zero-order chi connectivity index (χ0) is 13.8. The molecule has 0 bridgehead atoms. The summed E-state index contributed by atoms with van der Waals surface area (Å²) in [7, 11) is 0. The normalized spacial score (nSPS) is 14.0. The highest BCUT2D eigenvalue weighted by atomic mass is 16.5. The third-order valence-electron chi connectivity index (χ3n) is 3.10. The van der Waals surface area contributed by atoms with Crippen LogP contribution in [0.2, 0.25) is 0 Å². The molecule has 0 unspecified atom stereocenters. The van der Waals surface area contributed by atoms with Crippen LogP contribution < -0.4 is 4.74 Å². The first kappa shape index (κ1) is 13.6. The van der Waals surface area contributed by atoms with Crippen molar-refractivity contribution in [3.63, 3.8) is 0 Å². The van der Waals surface area contributed by atoms with Gasteiger partial charge in [0.1, 0.15) is 5.75 Å². The average Bonchev–Trinajstić information content (AvgIpc) is 2.62. The number of fused-ring (bicyclic) bond motifs is 1. The maximum atomic E-state index is 12.1. The van der Waals surface area contributed by atoms with Crippen LogP contribution in [0.5, 0.6) is 5.75 Å². The van der Waals surface area contributed by atoms with Crippen molar-refractivity contribution >= 4 is 11.8 Å². The molecule has 2 rings (SSSR count). The van der Waals surface area contributed by atoms with Crippen LogP contribution in [0.15, 0.2) is 12.1 Å². The molecule has 1 aromatic rings. The van der Waals surface area contributed by atoms with E-state index < -0.39 is 11.8 Å². The molecule has 0 saturated heterocycles. The number of Topliss-reactive ketones (excluding diaryl/α,β-unsaturated/α-hetero) is 1. The Labute approximate surface area is 112 Å². The van der Waals surface area contributed by atoms with Gasteiger partial charge in [-0.05, 0) is 50.3 Å². The Hall–Kier alpha value is -1.84. The Morgan fingerprint density at radius 3 is 2.84 bits per heavy atom. The van der Waals surface area contributed by atoms with Crippen molar-refractivity contribution in [3.8, 4) is 5.75 Å². The molecule has 4 heteroatoms. The van der Waals surface area contributed by atoms with Crippen molar-refractivity contribution in [1.29, 1.82) is 0 Å². The van der Waals surface area contributed by atoms with E-state index in [0.717, 1.165) is 30.4 Å². The van der Waals surface area contributed by atoms with Crippen molar-refractivity contribution in [3.05, 3.63) is 28.8 Å². The van der Waals surface area contributed by atoms with Crippen LogP contribution in [0.1, 0.15) is 41.3 Å². The number of carbonyl (C=O) groups is 2. The number of carbonyl (C=O) groups excluding carboxylic acids is 2. The van der Waals surface area contributed by atoms with Gasteiger partial charge in [-0.2, -0.15) is 0 Å². The maximum absolute atomic E-state index is 12.1. The number of hydrogen-bond donors (Lipinski definition) is 0. The topological polar surface area (TPSA) is 52.6 Å². The van der Waals surface area contributed by atoms with E-state index in [9.17, 15) is 9.59 Å². The van der Waals surface area contributed by atoms with E-state index in [1.807, 2.05) is 13.0 Å². The molecule has 4 nitrogen and oxygen atoms in total. The van der Waals surface area contributed by atoms with Gasteiger partial charge in [-0.1, -0.05) is 6.07 Å². The molecule has 0 aliphatic carbocycles. The van der Waals surface area contributed by atoms with E-state index in [-0.39, 0.29) is 6.61 Å². The van der Waals surface area contributed by atoms with Gasteiger partial charge in [-0.3, -0.25) is 4.79 Å². The lowest BCUT2D eigenvalue weighted by atomic mass is 9.99. The number of hydrogen-bond acceptors (Lipinski definition) is 4. The van der Waals surface area contributed by atoms with Crippen LogP contribution in [0, 0.1) is 6.92 Å². The molecular weight excluding hydrogens is 244 g/mol. The number of benzene rings is 1. The predicted molar refractivity (Wildman–Crippen MR) is 70.6 cm³/mol. The summed E-state index contributed by atoms with van der Waals surface area (Å²) >= 11 is 0. The van der Waals surface area contributed by atoms with E-state index in [2.05, 4.69) is 0 Å². The Bertz CT molecular complexity index is 505. The zero-order valence-electron chi connectivity index (χ0n) is 11.3. The molecule has 0 fully saturated rings. The van der Waals surface area contributed by atoms with E-state index in [1.54, 1.807) is 13.0 Å². The molecular formula is C15H18O4. The smallest absolute Gasteiger partial charge is 0.379 e. The first-order valence-corrected chi connectivity index (χ1v) is 6.61. The SMILES string of the molecule is CCOC(=O)C(=O)c1cc(C)cc2c1OCCCC2. The highest BCUT2D eigenvalue weighted by molar-refractivity contribution is 6.41. The third kappa shape index (κ3) is 2.95. The molecule has 0 aromatic heterocycles. The molecule has 0 radical (unpaired) electrons. The lowest BCUT2D eigenvalue weighted by molar-refractivity contribution is -0.137. The molecule has 1 aliphatic heterocycles. The molecule has 102 valence electrons. The van der Waals surface area contributed by atoms with Crippen LogP contribution in [-0.4, -0.2) is 25.0 Å². The fraction of sp³-hybridized carbons (Fsp3) is 0.467. The molecule has 1 aromatic carbocycles. The lowest BCUT2D eigenvalue weighted by Crippen LogP contribution is -2.19. The van der Waals surface area contributed by atoms with Gasteiger partial charge >= 0.3 is 5.97 Å². The van der Waals surface area contributed by atoms with Crippen molar-refractivity contribution in [2.24, 2.45) is 0 Å². The second-order valence-corrected chi connectivity index (χ2v) is 4.66. The van der Waals surface area contributed by atoms with E-state index in [4.69, 9.17) is 9.47 Å². The van der Waals surface area contributed by atoms with Crippen molar-refractivity contribution < 1.29 is 19.1 Å². The van der Waals surface area contributed by atoms with Crippen LogP contribution in [-0.2, 0) is 16.0 Å². The molecule has 1 heterocycles. The molecule has 0 atom stereocenters. The summed E-state index contributed by atoms with van der Waals surface area (Å²) in [6.45, 7) is 4.37. The zero-order valence-corrected chi connectivity index (χ0v) is 11.3. The van der Waals surface area contributed by atoms with Crippen molar-refractivity contribution in [2.45, 2.75) is 33.1 Å². The van der Waals surface area contributed by atoms with E-state index >= 15 is 0 Å². The minimum Gasteiger partial charge on any atom is -0.493 e. The minimum atomic E-state index is -0.817. The Balaban J connectivity index is 2.41. The second-order valence-electron chi connectivity index (χ2n) is 4.66. The minimum absolute atomic E-state index is 0.194. The summed E-state index contributed by atoms with van der Waals surface area (Å²) in [4.78, 5) is 23.7. The summed E-state index contributed by atoms with van der Waals surface area (Å²) in [6.07, 6.45) is 2.87. The van der Waals surface area contributed by atoms with Crippen LogP contribution >= 0.6 is 0 Å². The second kappa shape index (κ2) is 5.87. The first-order valence-electron chi connectivity index (χ1n) is 6.61. The van der Waals surface area contributed by atoms with Crippen LogP contribution in [0.3, 0.4) is 0 Å². The molecule has 0 saturated carbocycles. The van der Waals surface area contributed by atoms with Crippen molar-refractivity contribution in [1.82, 2.24) is 0 Å². The highest BCUT2D eigenvalue weighted by Gasteiger charge is 2.25. The fourth-order valence-electron chi connectivity index (χ4n) is 2.27. The number of aryl methyl sites for hydroxylation is 2. The monoisotopic (exact) mass is 262 g/mol. The summed E-state index contributed by atoms with van der Waals surface area (Å²) in [6, 6.07) is 3.71. The maximum Gasteiger partial charge on any atom is 0.379 e. The van der Waals surface area contributed by atoms with Gasteiger partial charge in [-0.15, -0.1) is 0 Å². The predicted octanol–water partition coefficient (Wildman–Crippen LogP) is 2.46. The van der Waals surface area contributed by atoms with Crippen LogP contribution in [0.25, 0.3) is 0 Å². The van der Waals surface area contributed by atoms with Gasteiger partial charge in [0.15, 0.2) is 0 Å². The number of rotatable bonds is 3. The summed E-state index contributed by atoms with van der Waals surface area (Å²) in [5.41, 5.74) is 2.29. The Morgan fingerprint density at radius 1 is 1.32 bits per heavy atom. The third-order valence-corrected chi connectivity index (χ3v) is 3.10. The Morgan fingerprint density at radius 2 is 2.11 bits per heavy atom. The number of ether oxygens (including phenoxy) is 2. The molecule has 19 heavy (non-hydrogen) atoms. The van der Waals surface area contributed by atoms with Gasteiger partial charge < -0.3 is 9.47 Å². The number of esters is 1. The Kier molecular flexibility index (Phi) is 4.20. The van der Waals surface area contributed by atoms with Gasteiger partial charge in [-0.25, -0.2) is 4.79 Å². The average molecular weight is 262 g/mol. The van der Waals surface area contributed by atoms with E-state index in [1.165, 1.54) is 0 Å². The lowest BCUT2D eigenvalue weighted by Gasteiger charge is -2.13. The van der Waals surface area contributed by atoms with Crippen LogP contribution in [0.4, 0.5) is 0 Å². The molecule has 0 spiro atoms. The molecule has 1 aliphatic rings. The largest absolute Gasteiger partial charge is 0.493 e. The fourth-order valence-corrected chi connectivity index (χ4v) is 2.27. The van der Waals surface area contributed by atoms with E-state index in [0.29, 0.717) is 17.9 Å². The quantitative estimate of drug-likeness (QED) is 0.477.